The van der Waals surface area contributed by atoms with Crippen molar-refractivity contribution in [3.8, 4) is 0 Å². The standard InChI is InChI=1S/C15H22N2O2/c1-11-4-5-14(12(2)8-11)17(3)15(18)9-13-10-19-7-6-16-13/h4-5,8,13,16H,6-7,9-10H2,1-3H3. The quantitative estimate of drug-likeness (QED) is 0.900. The van der Waals surface area contributed by atoms with Gasteiger partial charge in [0.15, 0.2) is 0 Å². The molecule has 104 valence electrons. The van der Waals surface area contributed by atoms with Gasteiger partial charge in [-0.3, -0.25) is 4.79 Å². The molecule has 1 aliphatic rings. The molecule has 0 bridgehead atoms. The zero-order valence-corrected chi connectivity index (χ0v) is 11.9. The Hall–Kier alpha value is -1.39. The van der Waals surface area contributed by atoms with E-state index in [2.05, 4.69) is 18.3 Å². The van der Waals surface area contributed by atoms with Gasteiger partial charge in [-0.2, -0.15) is 0 Å². The molecule has 1 saturated heterocycles. The summed E-state index contributed by atoms with van der Waals surface area (Å²) in [6.07, 6.45) is 0.476. The van der Waals surface area contributed by atoms with Gasteiger partial charge >= 0.3 is 0 Å². The Balaban J connectivity index is 2.01. The summed E-state index contributed by atoms with van der Waals surface area (Å²) in [5, 5.41) is 3.31. The van der Waals surface area contributed by atoms with Crippen molar-refractivity contribution in [2.24, 2.45) is 0 Å². The number of aryl methyl sites for hydroxylation is 2. The molecular formula is C15H22N2O2. The second-order valence-electron chi connectivity index (χ2n) is 5.17. The van der Waals surface area contributed by atoms with Crippen LogP contribution in [0, 0.1) is 13.8 Å². The third kappa shape index (κ3) is 3.55. The van der Waals surface area contributed by atoms with Gasteiger partial charge in [0.1, 0.15) is 0 Å². The molecule has 0 radical (unpaired) electrons. The van der Waals surface area contributed by atoms with E-state index in [9.17, 15) is 4.79 Å². The summed E-state index contributed by atoms with van der Waals surface area (Å²) in [6, 6.07) is 6.28. The van der Waals surface area contributed by atoms with Crippen LogP contribution in [0.25, 0.3) is 0 Å². The molecule has 0 spiro atoms. The number of ether oxygens (including phenoxy) is 1. The highest BCUT2D eigenvalue weighted by molar-refractivity contribution is 5.93. The van der Waals surface area contributed by atoms with Crippen LogP contribution in [0.5, 0.6) is 0 Å². The number of benzene rings is 1. The number of amides is 1. The second-order valence-corrected chi connectivity index (χ2v) is 5.17. The van der Waals surface area contributed by atoms with Crippen molar-refractivity contribution in [3.63, 3.8) is 0 Å². The Kier molecular flexibility index (Phi) is 4.56. The molecule has 19 heavy (non-hydrogen) atoms. The molecule has 0 aliphatic carbocycles. The maximum absolute atomic E-state index is 12.3. The van der Waals surface area contributed by atoms with E-state index in [0.717, 1.165) is 24.4 Å². The van der Waals surface area contributed by atoms with Gasteiger partial charge in [0.2, 0.25) is 5.91 Å². The summed E-state index contributed by atoms with van der Waals surface area (Å²) < 4.78 is 5.37. The molecule has 0 saturated carbocycles. The number of carbonyl (C=O) groups excluding carboxylic acids is 1. The number of nitrogens with one attached hydrogen (secondary N) is 1. The lowest BCUT2D eigenvalue weighted by molar-refractivity contribution is -0.119. The van der Waals surface area contributed by atoms with Gasteiger partial charge in [0.05, 0.1) is 13.2 Å². The van der Waals surface area contributed by atoms with E-state index >= 15 is 0 Å². The molecule has 1 amide bonds. The highest BCUT2D eigenvalue weighted by atomic mass is 16.5. The van der Waals surface area contributed by atoms with Crippen molar-refractivity contribution in [1.29, 1.82) is 0 Å². The molecule has 1 aromatic rings. The van der Waals surface area contributed by atoms with Gasteiger partial charge in [-0.25, -0.2) is 0 Å². The first-order valence-corrected chi connectivity index (χ1v) is 6.73. The number of anilines is 1. The first-order valence-electron chi connectivity index (χ1n) is 6.73. The van der Waals surface area contributed by atoms with Crippen LogP contribution in [0.15, 0.2) is 18.2 Å². The van der Waals surface area contributed by atoms with E-state index in [1.165, 1.54) is 5.56 Å². The molecule has 1 aliphatic heterocycles. The molecular weight excluding hydrogens is 240 g/mol. The van der Waals surface area contributed by atoms with Gasteiger partial charge < -0.3 is 15.0 Å². The average molecular weight is 262 g/mol. The van der Waals surface area contributed by atoms with Gasteiger partial charge in [-0.15, -0.1) is 0 Å². The van der Waals surface area contributed by atoms with E-state index in [1.54, 1.807) is 4.90 Å². The molecule has 2 rings (SSSR count). The summed E-state index contributed by atoms with van der Waals surface area (Å²) in [4.78, 5) is 14.0. The topological polar surface area (TPSA) is 41.6 Å². The lowest BCUT2D eigenvalue weighted by Crippen LogP contribution is -2.44. The van der Waals surface area contributed by atoms with Crippen molar-refractivity contribution in [1.82, 2.24) is 5.32 Å². The van der Waals surface area contributed by atoms with Gasteiger partial charge in [0, 0.05) is 31.7 Å². The van der Waals surface area contributed by atoms with Crippen LogP contribution < -0.4 is 10.2 Å². The van der Waals surface area contributed by atoms with E-state index in [0.29, 0.717) is 13.0 Å². The fourth-order valence-electron chi connectivity index (χ4n) is 2.41. The minimum absolute atomic E-state index is 0.120. The van der Waals surface area contributed by atoms with Gasteiger partial charge in [0.25, 0.3) is 0 Å². The highest BCUT2D eigenvalue weighted by Crippen LogP contribution is 2.21. The third-order valence-electron chi connectivity index (χ3n) is 3.51. The summed E-state index contributed by atoms with van der Waals surface area (Å²) in [6.45, 7) is 6.27. The zero-order valence-electron chi connectivity index (χ0n) is 11.9. The molecule has 4 nitrogen and oxygen atoms in total. The normalized spacial score (nSPS) is 19.2. The first kappa shape index (κ1) is 14.0. The lowest BCUT2D eigenvalue weighted by Gasteiger charge is -2.26. The van der Waals surface area contributed by atoms with Crippen LogP contribution in [-0.4, -0.2) is 38.8 Å². The number of hydrogen-bond acceptors (Lipinski definition) is 3. The summed E-state index contributed by atoms with van der Waals surface area (Å²) in [7, 11) is 1.84. The fourth-order valence-corrected chi connectivity index (χ4v) is 2.41. The maximum Gasteiger partial charge on any atom is 0.228 e. The third-order valence-corrected chi connectivity index (χ3v) is 3.51. The number of rotatable bonds is 3. The largest absolute Gasteiger partial charge is 0.378 e. The number of hydrogen-bond donors (Lipinski definition) is 1. The van der Waals surface area contributed by atoms with Crippen LogP contribution in [0.1, 0.15) is 17.5 Å². The first-order chi connectivity index (χ1) is 9.08. The number of carbonyl (C=O) groups is 1. The number of nitrogens with zero attached hydrogens (tertiary/aromatic N) is 1. The Morgan fingerprint density at radius 3 is 2.89 bits per heavy atom. The molecule has 1 unspecified atom stereocenters. The molecule has 1 heterocycles. The van der Waals surface area contributed by atoms with Crippen LogP contribution in [0.2, 0.25) is 0 Å². The summed E-state index contributed by atoms with van der Waals surface area (Å²) in [5.41, 5.74) is 3.32. The Morgan fingerprint density at radius 2 is 2.26 bits per heavy atom. The van der Waals surface area contributed by atoms with Crippen LogP contribution >= 0.6 is 0 Å². The molecule has 1 N–H and O–H groups in total. The molecule has 1 aromatic carbocycles. The van der Waals surface area contributed by atoms with Crippen molar-refractivity contribution < 1.29 is 9.53 Å². The summed E-state index contributed by atoms with van der Waals surface area (Å²) >= 11 is 0. The lowest BCUT2D eigenvalue weighted by atomic mass is 10.1. The predicted molar refractivity (Wildman–Crippen MR) is 76.6 cm³/mol. The SMILES string of the molecule is Cc1ccc(N(C)C(=O)CC2COCCN2)c(C)c1. The van der Waals surface area contributed by atoms with Crippen molar-refractivity contribution in [3.05, 3.63) is 29.3 Å². The molecule has 0 aromatic heterocycles. The van der Waals surface area contributed by atoms with Crippen molar-refractivity contribution in [2.45, 2.75) is 26.3 Å². The molecule has 1 atom stereocenters. The van der Waals surface area contributed by atoms with Crippen LogP contribution in [-0.2, 0) is 9.53 Å². The van der Waals surface area contributed by atoms with Crippen molar-refractivity contribution in [2.75, 3.05) is 31.7 Å². The Labute approximate surface area is 114 Å². The van der Waals surface area contributed by atoms with Crippen LogP contribution in [0.3, 0.4) is 0 Å². The molecule has 1 fully saturated rings. The van der Waals surface area contributed by atoms with E-state index in [-0.39, 0.29) is 11.9 Å². The summed E-state index contributed by atoms with van der Waals surface area (Å²) in [5.74, 6) is 0.120. The zero-order chi connectivity index (χ0) is 13.8. The average Bonchev–Trinajstić information content (AvgIpc) is 2.39. The number of morpholine rings is 1. The monoisotopic (exact) mass is 262 g/mol. The van der Waals surface area contributed by atoms with E-state index < -0.39 is 0 Å². The van der Waals surface area contributed by atoms with Crippen LogP contribution in [0.4, 0.5) is 5.69 Å². The Bertz CT molecular complexity index is 453. The predicted octanol–water partition coefficient (Wildman–Crippen LogP) is 1.64. The van der Waals surface area contributed by atoms with Gasteiger partial charge in [-0.1, -0.05) is 17.7 Å². The second kappa shape index (κ2) is 6.17. The minimum atomic E-state index is 0.120. The fraction of sp³-hybridized carbons (Fsp3) is 0.533. The maximum atomic E-state index is 12.3. The van der Waals surface area contributed by atoms with Gasteiger partial charge in [-0.05, 0) is 25.5 Å². The van der Waals surface area contributed by atoms with Crippen molar-refractivity contribution >= 4 is 11.6 Å². The molecule has 4 heteroatoms. The Morgan fingerprint density at radius 1 is 1.47 bits per heavy atom. The minimum Gasteiger partial charge on any atom is -0.378 e. The highest BCUT2D eigenvalue weighted by Gasteiger charge is 2.20. The van der Waals surface area contributed by atoms with E-state index in [4.69, 9.17) is 4.74 Å². The van der Waals surface area contributed by atoms with E-state index in [1.807, 2.05) is 26.1 Å². The smallest absolute Gasteiger partial charge is 0.228 e.